The average molecular weight is 241 g/mol. The van der Waals surface area contributed by atoms with Crippen LogP contribution in [0.5, 0.6) is 0 Å². The molecule has 0 aliphatic rings. The van der Waals surface area contributed by atoms with Gasteiger partial charge in [-0.05, 0) is 34.2 Å². The van der Waals surface area contributed by atoms with E-state index in [1.807, 2.05) is 5.51 Å². The molecule has 0 unspecified atom stereocenters. The lowest BCUT2D eigenvalue weighted by molar-refractivity contribution is 0.274. The van der Waals surface area contributed by atoms with Gasteiger partial charge in [0.1, 0.15) is 0 Å². The molecule has 1 heterocycles. The highest BCUT2D eigenvalue weighted by molar-refractivity contribution is 7.09. The molecule has 92 valence electrons. The van der Waals surface area contributed by atoms with Gasteiger partial charge in [0, 0.05) is 30.6 Å². The van der Waals surface area contributed by atoms with Gasteiger partial charge in [0.05, 0.1) is 11.2 Å². The monoisotopic (exact) mass is 241 g/mol. The summed E-state index contributed by atoms with van der Waals surface area (Å²) in [5.41, 5.74) is 3.11. The standard InChI is InChI=1S/C12H23N3S/c1-10(2)15(4)8-7-13-6-5-12-11(3)14-9-16-12/h9-10,13H,5-8H2,1-4H3. The lowest BCUT2D eigenvalue weighted by Gasteiger charge is -2.20. The van der Waals surface area contributed by atoms with Gasteiger partial charge in [-0.2, -0.15) is 0 Å². The van der Waals surface area contributed by atoms with Gasteiger partial charge >= 0.3 is 0 Å². The largest absolute Gasteiger partial charge is 0.315 e. The van der Waals surface area contributed by atoms with Crippen molar-refractivity contribution in [2.24, 2.45) is 0 Å². The summed E-state index contributed by atoms with van der Waals surface area (Å²) in [5, 5.41) is 3.47. The number of hydrogen-bond acceptors (Lipinski definition) is 4. The number of nitrogens with zero attached hydrogens (tertiary/aromatic N) is 2. The van der Waals surface area contributed by atoms with E-state index in [4.69, 9.17) is 0 Å². The van der Waals surface area contributed by atoms with Crippen LogP contribution in [0.1, 0.15) is 24.4 Å². The van der Waals surface area contributed by atoms with E-state index in [0.29, 0.717) is 6.04 Å². The highest BCUT2D eigenvalue weighted by Crippen LogP contribution is 2.11. The zero-order valence-corrected chi connectivity index (χ0v) is 11.6. The van der Waals surface area contributed by atoms with Crippen molar-refractivity contribution in [3.63, 3.8) is 0 Å². The van der Waals surface area contributed by atoms with Crippen molar-refractivity contribution in [2.75, 3.05) is 26.7 Å². The number of nitrogens with one attached hydrogen (secondary N) is 1. The third-order valence-electron chi connectivity index (χ3n) is 2.90. The molecule has 0 saturated heterocycles. The molecule has 0 bridgehead atoms. The second-order valence-electron chi connectivity index (χ2n) is 4.44. The van der Waals surface area contributed by atoms with Crippen LogP contribution in [0.4, 0.5) is 0 Å². The van der Waals surface area contributed by atoms with Gasteiger partial charge in [0.2, 0.25) is 0 Å². The van der Waals surface area contributed by atoms with Crippen molar-refractivity contribution in [3.8, 4) is 0 Å². The van der Waals surface area contributed by atoms with Crippen molar-refractivity contribution in [1.82, 2.24) is 15.2 Å². The molecule has 0 radical (unpaired) electrons. The fourth-order valence-electron chi connectivity index (χ4n) is 1.41. The summed E-state index contributed by atoms with van der Waals surface area (Å²) in [6.07, 6.45) is 1.10. The molecule has 4 heteroatoms. The third kappa shape index (κ3) is 4.60. The van der Waals surface area contributed by atoms with Crippen LogP contribution in [0.25, 0.3) is 0 Å². The zero-order chi connectivity index (χ0) is 12.0. The van der Waals surface area contributed by atoms with Gasteiger partial charge in [-0.1, -0.05) is 0 Å². The molecule has 0 aromatic carbocycles. The smallest absolute Gasteiger partial charge is 0.0797 e. The quantitative estimate of drug-likeness (QED) is 0.739. The van der Waals surface area contributed by atoms with Gasteiger partial charge in [0.25, 0.3) is 0 Å². The summed E-state index contributed by atoms with van der Waals surface area (Å²) in [7, 11) is 2.17. The van der Waals surface area contributed by atoms with E-state index in [-0.39, 0.29) is 0 Å². The topological polar surface area (TPSA) is 28.2 Å². The maximum atomic E-state index is 4.25. The maximum absolute atomic E-state index is 4.25. The van der Waals surface area contributed by atoms with Crippen LogP contribution in [0.15, 0.2) is 5.51 Å². The highest BCUT2D eigenvalue weighted by Gasteiger charge is 2.02. The van der Waals surface area contributed by atoms with Crippen molar-refractivity contribution < 1.29 is 0 Å². The second kappa shape index (κ2) is 6.99. The molecule has 3 nitrogen and oxygen atoms in total. The van der Waals surface area contributed by atoms with Crippen molar-refractivity contribution in [1.29, 1.82) is 0 Å². The molecule has 0 aliphatic heterocycles. The highest BCUT2D eigenvalue weighted by atomic mass is 32.1. The molecule has 1 rings (SSSR count). The average Bonchev–Trinajstić information content (AvgIpc) is 2.63. The first-order chi connectivity index (χ1) is 7.61. The van der Waals surface area contributed by atoms with Crippen LogP contribution in [0.3, 0.4) is 0 Å². The van der Waals surface area contributed by atoms with Gasteiger partial charge in [-0.25, -0.2) is 4.98 Å². The lowest BCUT2D eigenvalue weighted by atomic mass is 10.3. The number of aryl methyl sites for hydroxylation is 1. The minimum Gasteiger partial charge on any atom is -0.315 e. The molecule has 1 N–H and O–H groups in total. The van der Waals surface area contributed by atoms with Gasteiger partial charge in [-0.3, -0.25) is 0 Å². The number of hydrogen-bond donors (Lipinski definition) is 1. The van der Waals surface area contributed by atoms with Gasteiger partial charge in [0.15, 0.2) is 0 Å². The molecule has 0 atom stereocenters. The van der Waals surface area contributed by atoms with E-state index in [1.165, 1.54) is 10.6 Å². The first-order valence-corrected chi connectivity index (χ1v) is 6.79. The first kappa shape index (κ1) is 13.6. The summed E-state index contributed by atoms with van der Waals surface area (Å²) >= 11 is 1.76. The fraction of sp³-hybridized carbons (Fsp3) is 0.750. The summed E-state index contributed by atoms with van der Waals surface area (Å²) < 4.78 is 0. The van der Waals surface area contributed by atoms with Crippen LogP contribution >= 0.6 is 11.3 Å². The van der Waals surface area contributed by atoms with Crippen LogP contribution in [0.2, 0.25) is 0 Å². The number of thiazole rings is 1. The van der Waals surface area contributed by atoms with E-state index in [9.17, 15) is 0 Å². The molecule has 0 saturated carbocycles. The lowest BCUT2D eigenvalue weighted by Crippen LogP contribution is -2.34. The summed E-state index contributed by atoms with van der Waals surface area (Å²) in [4.78, 5) is 8.01. The second-order valence-corrected chi connectivity index (χ2v) is 5.37. The molecular weight excluding hydrogens is 218 g/mol. The Morgan fingerprint density at radius 2 is 2.19 bits per heavy atom. The minimum atomic E-state index is 0.630. The van der Waals surface area contributed by atoms with E-state index >= 15 is 0 Å². The molecule has 1 aromatic rings. The van der Waals surface area contributed by atoms with E-state index in [1.54, 1.807) is 11.3 Å². The Bertz CT molecular complexity index is 296. The summed E-state index contributed by atoms with van der Waals surface area (Å²) in [6, 6.07) is 0.630. The molecular formula is C12H23N3S. The Kier molecular flexibility index (Phi) is 5.95. The Morgan fingerprint density at radius 3 is 2.75 bits per heavy atom. The SMILES string of the molecule is Cc1ncsc1CCNCCN(C)C(C)C. The van der Waals surface area contributed by atoms with Crippen LogP contribution < -0.4 is 5.32 Å². The summed E-state index contributed by atoms with van der Waals surface area (Å²) in [5.74, 6) is 0. The maximum Gasteiger partial charge on any atom is 0.0797 e. The summed E-state index contributed by atoms with van der Waals surface area (Å²) in [6.45, 7) is 9.75. The molecule has 16 heavy (non-hydrogen) atoms. The molecule has 1 aromatic heterocycles. The van der Waals surface area contributed by atoms with Crippen molar-refractivity contribution in [2.45, 2.75) is 33.2 Å². The molecule has 0 spiro atoms. The van der Waals surface area contributed by atoms with E-state index in [2.05, 4.69) is 43.0 Å². The Hall–Kier alpha value is -0.450. The number of aromatic nitrogens is 1. The minimum absolute atomic E-state index is 0.630. The van der Waals surface area contributed by atoms with Gasteiger partial charge < -0.3 is 10.2 Å². The normalized spacial score (nSPS) is 11.6. The third-order valence-corrected chi connectivity index (χ3v) is 3.89. The Labute approximate surface area is 103 Å². The molecule has 0 fully saturated rings. The van der Waals surface area contributed by atoms with Crippen LogP contribution in [-0.2, 0) is 6.42 Å². The Balaban J connectivity index is 2.07. The van der Waals surface area contributed by atoms with E-state index in [0.717, 1.165) is 26.1 Å². The fourth-order valence-corrected chi connectivity index (χ4v) is 2.19. The molecule has 0 aliphatic carbocycles. The van der Waals surface area contributed by atoms with Crippen molar-refractivity contribution in [3.05, 3.63) is 16.1 Å². The number of rotatable bonds is 7. The Morgan fingerprint density at radius 1 is 1.44 bits per heavy atom. The van der Waals surface area contributed by atoms with Crippen LogP contribution in [0, 0.1) is 6.92 Å². The van der Waals surface area contributed by atoms with Gasteiger partial charge in [-0.15, -0.1) is 11.3 Å². The zero-order valence-electron chi connectivity index (χ0n) is 10.8. The van der Waals surface area contributed by atoms with Crippen LogP contribution in [-0.4, -0.2) is 42.6 Å². The van der Waals surface area contributed by atoms with E-state index < -0.39 is 0 Å². The molecule has 0 amide bonds. The number of likely N-dealkylation sites (N-methyl/N-ethyl adjacent to an activating group) is 1. The van der Waals surface area contributed by atoms with Crippen molar-refractivity contribution >= 4 is 11.3 Å². The predicted octanol–water partition coefficient (Wildman–Crippen LogP) is 1.92. The first-order valence-electron chi connectivity index (χ1n) is 5.91. The predicted molar refractivity (Wildman–Crippen MR) is 71.2 cm³/mol.